The second-order valence-corrected chi connectivity index (χ2v) is 8.27. The quantitative estimate of drug-likeness (QED) is 0.755. The fourth-order valence-corrected chi connectivity index (χ4v) is 5.18. The first-order valence-electron chi connectivity index (χ1n) is 10.6. The number of hydrogen-bond donors (Lipinski definition) is 1. The maximum absolute atomic E-state index is 4.88. The number of likely N-dealkylation sites (tertiary alicyclic amines) is 1. The molecule has 0 bridgehead atoms. The van der Waals surface area contributed by atoms with Crippen LogP contribution in [0, 0.1) is 0 Å². The van der Waals surface area contributed by atoms with Crippen LogP contribution in [0.25, 0.3) is 10.9 Å². The number of piperidine rings is 1. The number of imidazole rings is 1. The summed E-state index contributed by atoms with van der Waals surface area (Å²) in [7, 11) is 0. The number of fused-ring (bicyclic) bond motifs is 3. The Bertz CT molecular complexity index is 954. The summed E-state index contributed by atoms with van der Waals surface area (Å²) in [6.45, 7) is 7.73. The Morgan fingerprint density at radius 2 is 1.93 bits per heavy atom. The summed E-state index contributed by atoms with van der Waals surface area (Å²) in [4.78, 5) is 18.3. The maximum atomic E-state index is 4.88. The molecule has 28 heavy (non-hydrogen) atoms. The lowest BCUT2D eigenvalue weighted by atomic mass is 9.78. The molecule has 1 spiro atoms. The summed E-state index contributed by atoms with van der Waals surface area (Å²) in [5.74, 6) is 0. The first-order chi connectivity index (χ1) is 13.8. The van der Waals surface area contributed by atoms with Crippen LogP contribution >= 0.6 is 0 Å². The maximum Gasteiger partial charge on any atom is 0.0926 e. The zero-order chi connectivity index (χ0) is 19.0. The van der Waals surface area contributed by atoms with Crippen molar-refractivity contribution in [2.45, 2.75) is 44.7 Å². The van der Waals surface area contributed by atoms with Crippen molar-refractivity contribution in [1.82, 2.24) is 24.8 Å². The zero-order valence-electron chi connectivity index (χ0n) is 16.7. The molecule has 2 aromatic heterocycles. The molecule has 1 saturated heterocycles. The van der Waals surface area contributed by atoms with Crippen LogP contribution in [0.5, 0.6) is 0 Å². The molecule has 0 unspecified atom stereocenters. The zero-order valence-corrected chi connectivity index (χ0v) is 16.7. The predicted octanol–water partition coefficient (Wildman–Crippen LogP) is 3.72. The Balaban J connectivity index is 1.33. The number of aromatic nitrogens is 3. The number of benzene rings is 1. The van der Waals surface area contributed by atoms with Gasteiger partial charge in [-0.2, -0.15) is 0 Å². The Hall–Kier alpha value is -2.24. The van der Waals surface area contributed by atoms with Crippen LogP contribution in [0.2, 0.25) is 0 Å². The van der Waals surface area contributed by atoms with E-state index in [9.17, 15) is 0 Å². The summed E-state index contributed by atoms with van der Waals surface area (Å²) in [5.41, 5.74) is 5.06. The van der Waals surface area contributed by atoms with Crippen molar-refractivity contribution in [3.8, 4) is 0 Å². The first kappa shape index (κ1) is 17.8. The molecule has 4 heterocycles. The van der Waals surface area contributed by atoms with Crippen LogP contribution in [0.15, 0.2) is 42.7 Å². The Morgan fingerprint density at radius 3 is 2.79 bits per heavy atom. The monoisotopic (exact) mass is 375 g/mol. The molecule has 0 atom stereocenters. The molecule has 5 heteroatoms. The summed E-state index contributed by atoms with van der Waals surface area (Å²) < 4.78 is 0. The van der Waals surface area contributed by atoms with Crippen molar-refractivity contribution in [2.75, 3.05) is 26.2 Å². The number of para-hydroxylation sites is 1. The van der Waals surface area contributed by atoms with Crippen molar-refractivity contribution in [1.29, 1.82) is 0 Å². The molecule has 0 saturated carbocycles. The standard InChI is InChI=1S/C23H29N5/c1-2-12-28-13-9-21-22(25-17-24-21)23(28)10-14-27(15-11-23)16-19-8-7-18-5-3-4-6-20(18)26-19/h3-8,17H,2,9-16H2,1H3,(H,24,25). The highest BCUT2D eigenvalue weighted by Gasteiger charge is 2.46. The van der Waals surface area contributed by atoms with E-state index in [-0.39, 0.29) is 5.54 Å². The molecule has 0 amide bonds. The lowest BCUT2D eigenvalue weighted by molar-refractivity contribution is 0.00326. The van der Waals surface area contributed by atoms with E-state index in [1.807, 2.05) is 6.33 Å². The van der Waals surface area contributed by atoms with Gasteiger partial charge < -0.3 is 4.98 Å². The van der Waals surface area contributed by atoms with Crippen molar-refractivity contribution in [3.05, 3.63) is 59.8 Å². The van der Waals surface area contributed by atoms with Gasteiger partial charge in [-0.15, -0.1) is 0 Å². The van der Waals surface area contributed by atoms with Crippen molar-refractivity contribution in [2.24, 2.45) is 0 Å². The topological polar surface area (TPSA) is 48.1 Å². The third-order valence-corrected chi connectivity index (χ3v) is 6.61. The molecule has 1 N–H and O–H groups in total. The smallest absolute Gasteiger partial charge is 0.0926 e. The van der Waals surface area contributed by atoms with Crippen LogP contribution in [0.3, 0.4) is 0 Å². The normalized spacial score (nSPS) is 19.9. The fourth-order valence-electron chi connectivity index (χ4n) is 5.18. The van der Waals surface area contributed by atoms with Gasteiger partial charge in [0.2, 0.25) is 0 Å². The number of hydrogen-bond acceptors (Lipinski definition) is 4. The molecule has 5 nitrogen and oxygen atoms in total. The van der Waals surface area contributed by atoms with Gasteiger partial charge in [-0.25, -0.2) is 4.98 Å². The van der Waals surface area contributed by atoms with Crippen LogP contribution in [-0.2, 0) is 18.5 Å². The second-order valence-electron chi connectivity index (χ2n) is 8.27. The number of rotatable bonds is 4. The Labute approximate surface area is 166 Å². The van der Waals surface area contributed by atoms with Crippen LogP contribution in [0.1, 0.15) is 43.3 Å². The first-order valence-corrected chi connectivity index (χ1v) is 10.6. The van der Waals surface area contributed by atoms with Gasteiger partial charge in [-0.1, -0.05) is 31.2 Å². The van der Waals surface area contributed by atoms with Crippen molar-refractivity contribution < 1.29 is 0 Å². The molecule has 5 rings (SSSR count). The number of nitrogens with zero attached hydrogens (tertiary/aromatic N) is 4. The van der Waals surface area contributed by atoms with Gasteiger partial charge in [0.15, 0.2) is 0 Å². The molecular formula is C23H29N5. The van der Waals surface area contributed by atoms with Gasteiger partial charge in [0.05, 0.1) is 28.8 Å². The number of H-pyrrole nitrogens is 1. The lowest BCUT2D eigenvalue weighted by Crippen LogP contribution is -2.56. The van der Waals surface area contributed by atoms with Gasteiger partial charge in [-0.3, -0.25) is 14.8 Å². The van der Waals surface area contributed by atoms with E-state index in [0.29, 0.717) is 0 Å². The summed E-state index contributed by atoms with van der Waals surface area (Å²) in [6, 6.07) is 12.8. The number of nitrogens with one attached hydrogen (secondary N) is 1. The van der Waals surface area contributed by atoms with E-state index < -0.39 is 0 Å². The Kier molecular flexibility index (Phi) is 4.65. The molecule has 1 aromatic carbocycles. The van der Waals surface area contributed by atoms with Crippen molar-refractivity contribution >= 4 is 10.9 Å². The average Bonchev–Trinajstić information content (AvgIpc) is 3.22. The highest BCUT2D eigenvalue weighted by atomic mass is 15.3. The SMILES string of the molecule is CCCN1CCc2[nH]cnc2C12CCN(Cc1ccc3ccccc3n1)CC2. The molecule has 2 aliphatic rings. The van der Waals surface area contributed by atoms with E-state index in [4.69, 9.17) is 9.97 Å². The van der Waals surface area contributed by atoms with Crippen molar-refractivity contribution in [3.63, 3.8) is 0 Å². The average molecular weight is 376 g/mol. The molecule has 3 aromatic rings. The van der Waals surface area contributed by atoms with E-state index in [1.54, 1.807) is 0 Å². The summed E-state index contributed by atoms with van der Waals surface area (Å²) in [5, 5.41) is 1.22. The predicted molar refractivity (Wildman–Crippen MR) is 112 cm³/mol. The van der Waals surface area contributed by atoms with Gasteiger partial charge in [0.25, 0.3) is 0 Å². The molecule has 0 radical (unpaired) electrons. The highest BCUT2D eigenvalue weighted by Crippen LogP contribution is 2.42. The van der Waals surface area contributed by atoms with Crippen LogP contribution < -0.4 is 0 Å². The van der Waals surface area contributed by atoms with E-state index in [0.717, 1.165) is 51.0 Å². The van der Waals surface area contributed by atoms with Crippen LogP contribution in [0.4, 0.5) is 0 Å². The van der Waals surface area contributed by atoms with Gasteiger partial charge in [-0.05, 0) is 37.9 Å². The largest absolute Gasteiger partial charge is 0.348 e. The molecule has 0 aliphatic carbocycles. The fraction of sp³-hybridized carbons (Fsp3) is 0.478. The number of aromatic amines is 1. The van der Waals surface area contributed by atoms with E-state index in [2.05, 4.69) is 58.1 Å². The third-order valence-electron chi connectivity index (χ3n) is 6.61. The summed E-state index contributed by atoms with van der Waals surface area (Å²) in [6.07, 6.45) is 6.50. The Morgan fingerprint density at radius 1 is 1.07 bits per heavy atom. The van der Waals surface area contributed by atoms with Gasteiger partial charge in [0.1, 0.15) is 0 Å². The second kappa shape index (κ2) is 7.30. The molecular weight excluding hydrogens is 346 g/mol. The number of pyridine rings is 1. The minimum Gasteiger partial charge on any atom is -0.348 e. The molecule has 2 aliphatic heterocycles. The van der Waals surface area contributed by atoms with Gasteiger partial charge in [0, 0.05) is 43.7 Å². The third kappa shape index (κ3) is 3.03. The lowest BCUT2D eigenvalue weighted by Gasteiger charge is -2.50. The van der Waals surface area contributed by atoms with Crippen LogP contribution in [-0.4, -0.2) is 50.9 Å². The highest BCUT2D eigenvalue weighted by molar-refractivity contribution is 5.78. The summed E-state index contributed by atoms with van der Waals surface area (Å²) >= 11 is 0. The minimum atomic E-state index is 0.122. The van der Waals surface area contributed by atoms with E-state index >= 15 is 0 Å². The molecule has 146 valence electrons. The van der Waals surface area contributed by atoms with Gasteiger partial charge >= 0.3 is 0 Å². The van der Waals surface area contributed by atoms with E-state index in [1.165, 1.54) is 35.4 Å². The minimum absolute atomic E-state index is 0.122. The molecule has 1 fully saturated rings.